The van der Waals surface area contributed by atoms with Crippen LogP contribution in [0.5, 0.6) is 0 Å². The lowest BCUT2D eigenvalue weighted by Crippen LogP contribution is -2.22. The molecule has 2 nitrogen and oxygen atoms in total. The summed E-state index contributed by atoms with van der Waals surface area (Å²) in [6, 6.07) is 25.7. The van der Waals surface area contributed by atoms with Gasteiger partial charge < -0.3 is 5.32 Å². The first-order valence-electron chi connectivity index (χ1n) is 8.71. The van der Waals surface area contributed by atoms with Gasteiger partial charge in [-0.25, -0.2) is 0 Å². The van der Waals surface area contributed by atoms with Crippen LogP contribution >= 0.6 is 11.8 Å². The maximum atomic E-state index is 4.40. The van der Waals surface area contributed by atoms with Gasteiger partial charge in [-0.1, -0.05) is 84.6 Å². The Balaban J connectivity index is 1.49. The summed E-state index contributed by atoms with van der Waals surface area (Å²) in [7, 11) is 1.86. The zero-order valence-corrected chi connectivity index (χ0v) is 15.4. The van der Waals surface area contributed by atoms with E-state index in [-0.39, 0.29) is 0 Å². The second kappa shape index (κ2) is 9.28. The van der Waals surface area contributed by atoms with E-state index in [1.165, 1.54) is 21.9 Å². The molecule has 0 fully saturated rings. The lowest BCUT2D eigenvalue weighted by atomic mass is 10.1. The van der Waals surface area contributed by atoms with Crippen molar-refractivity contribution in [2.45, 2.75) is 18.6 Å². The Morgan fingerprint density at radius 2 is 1.68 bits per heavy atom. The van der Waals surface area contributed by atoms with Crippen molar-refractivity contribution in [2.75, 3.05) is 13.6 Å². The quantitative estimate of drug-likeness (QED) is 0.372. The Labute approximate surface area is 154 Å². The number of hydrogen-bond acceptors (Lipinski definition) is 2. The van der Waals surface area contributed by atoms with Crippen LogP contribution in [0.1, 0.15) is 17.5 Å². The topological polar surface area (TPSA) is 24.4 Å². The molecule has 0 saturated heterocycles. The van der Waals surface area contributed by atoms with Gasteiger partial charge in [-0.05, 0) is 34.7 Å². The lowest BCUT2D eigenvalue weighted by molar-refractivity contribution is 0.777. The molecule has 0 unspecified atom stereocenters. The molecule has 0 saturated carbocycles. The number of thioether (sulfide) groups is 1. The number of rotatable bonds is 6. The molecule has 0 bridgehead atoms. The summed E-state index contributed by atoms with van der Waals surface area (Å²) in [5.41, 5.74) is 2.75. The molecule has 0 aliphatic rings. The molecule has 3 heteroatoms. The van der Waals surface area contributed by atoms with Crippen LogP contribution < -0.4 is 5.32 Å². The molecule has 0 aromatic heterocycles. The van der Waals surface area contributed by atoms with Gasteiger partial charge in [0.05, 0.1) is 0 Å². The van der Waals surface area contributed by atoms with E-state index in [1.807, 2.05) is 7.05 Å². The third-order valence-corrected chi connectivity index (χ3v) is 5.26. The summed E-state index contributed by atoms with van der Waals surface area (Å²) >= 11 is 1.77. The Hall–Kier alpha value is -2.26. The molecule has 0 aliphatic carbocycles. The van der Waals surface area contributed by atoms with Crippen LogP contribution in [-0.4, -0.2) is 18.8 Å². The standard InChI is InChI=1S/C22H24N2S/c1-23-22(24-16-8-11-18-9-3-2-4-10-18)25-17-20-14-7-13-19-12-5-6-15-21(19)20/h2-7,9-10,12-15H,8,11,16-17H2,1H3,(H,23,24). The number of hydrogen-bond donors (Lipinski definition) is 1. The van der Waals surface area contributed by atoms with Crippen molar-refractivity contribution in [3.8, 4) is 0 Å². The molecule has 0 spiro atoms. The number of aliphatic imine (C=N–C) groups is 1. The van der Waals surface area contributed by atoms with Crippen LogP contribution in [0.2, 0.25) is 0 Å². The van der Waals surface area contributed by atoms with Crippen LogP contribution in [0.15, 0.2) is 77.8 Å². The predicted molar refractivity (Wildman–Crippen MR) is 111 cm³/mol. The van der Waals surface area contributed by atoms with Crippen LogP contribution in [0.3, 0.4) is 0 Å². The summed E-state index contributed by atoms with van der Waals surface area (Å²) in [6.45, 7) is 0.949. The molecule has 25 heavy (non-hydrogen) atoms. The number of aryl methyl sites for hydroxylation is 1. The fourth-order valence-electron chi connectivity index (χ4n) is 2.89. The molecule has 0 atom stereocenters. The molecule has 1 N–H and O–H groups in total. The van der Waals surface area contributed by atoms with E-state index in [4.69, 9.17) is 0 Å². The van der Waals surface area contributed by atoms with Crippen molar-refractivity contribution in [3.05, 3.63) is 83.9 Å². The highest BCUT2D eigenvalue weighted by molar-refractivity contribution is 8.13. The molecular formula is C22H24N2S. The van der Waals surface area contributed by atoms with E-state index in [0.717, 1.165) is 30.3 Å². The monoisotopic (exact) mass is 348 g/mol. The fraction of sp³-hybridized carbons (Fsp3) is 0.227. The summed E-state index contributed by atoms with van der Waals surface area (Å²) in [5, 5.41) is 7.11. The average Bonchev–Trinajstić information content (AvgIpc) is 2.68. The molecule has 0 amide bonds. The summed E-state index contributed by atoms with van der Waals surface area (Å²) in [5.74, 6) is 0.930. The molecule has 0 radical (unpaired) electrons. The fourth-order valence-corrected chi connectivity index (χ4v) is 3.77. The van der Waals surface area contributed by atoms with Crippen molar-refractivity contribution < 1.29 is 0 Å². The van der Waals surface area contributed by atoms with Crippen molar-refractivity contribution in [2.24, 2.45) is 4.99 Å². The van der Waals surface area contributed by atoms with Gasteiger partial charge >= 0.3 is 0 Å². The first-order valence-corrected chi connectivity index (χ1v) is 9.69. The van der Waals surface area contributed by atoms with Gasteiger partial charge in [0.15, 0.2) is 5.17 Å². The number of amidine groups is 1. The molecule has 128 valence electrons. The lowest BCUT2D eigenvalue weighted by Gasteiger charge is -2.10. The Morgan fingerprint density at radius 1 is 0.920 bits per heavy atom. The van der Waals surface area contributed by atoms with Crippen LogP contribution in [0.4, 0.5) is 0 Å². The molecular weight excluding hydrogens is 324 g/mol. The minimum Gasteiger partial charge on any atom is -0.365 e. The first kappa shape index (κ1) is 17.6. The number of fused-ring (bicyclic) bond motifs is 1. The van der Waals surface area contributed by atoms with E-state index in [2.05, 4.69) is 83.1 Å². The molecule has 0 heterocycles. The zero-order valence-electron chi connectivity index (χ0n) is 14.6. The molecule has 0 aliphatic heterocycles. The smallest absolute Gasteiger partial charge is 0.156 e. The summed E-state index contributed by atoms with van der Waals surface area (Å²) < 4.78 is 0. The van der Waals surface area contributed by atoms with Crippen molar-refractivity contribution >= 4 is 27.7 Å². The normalized spacial score (nSPS) is 11.6. The molecule has 3 rings (SSSR count). The van der Waals surface area contributed by atoms with Crippen LogP contribution in [0, 0.1) is 0 Å². The number of benzene rings is 3. The highest BCUT2D eigenvalue weighted by Gasteiger charge is 2.04. The zero-order chi connectivity index (χ0) is 17.3. The molecule has 3 aromatic rings. The molecule has 3 aromatic carbocycles. The van der Waals surface area contributed by atoms with Gasteiger partial charge in [-0.3, -0.25) is 4.99 Å². The third kappa shape index (κ3) is 5.10. The Morgan fingerprint density at radius 3 is 2.52 bits per heavy atom. The summed E-state index contributed by atoms with van der Waals surface area (Å²) in [4.78, 5) is 4.40. The van der Waals surface area contributed by atoms with Gasteiger partial charge in [-0.15, -0.1) is 0 Å². The Kier molecular flexibility index (Phi) is 6.52. The maximum Gasteiger partial charge on any atom is 0.156 e. The summed E-state index contributed by atoms with van der Waals surface area (Å²) in [6.07, 6.45) is 2.21. The van der Waals surface area contributed by atoms with Crippen molar-refractivity contribution in [1.29, 1.82) is 0 Å². The van der Waals surface area contributed by atoms with E-state index in [0.29, 0.717) is 0 Å². The average molecular weight is 349 g/mol. The van der Waals surface area contributed by atoms with Crippen molar-refractivity contribution in [3.63, 3.8) is 0 Å². The highest BCUT2D eigenvalue weighted by atomic mass is 32.2. The first-order chi connectivity index (χ1) is 12.4. The van der Waals surface area contributed by atoms with E-state index in [9.17, 15) is 0 Å². The van der Waals surface area contributed by atoms with E-state index < -0.39 is 0 Å². The predicted octanol–water partition coefficient (Wildman–Crippen LogP) is 5.28. The van der Waals surface area contributed by atoms with Gasteiger partial charge in [0, 0.05) is 19.3 Å². The van der Waals surface area contributed by atoms with E-state index in [1.54, 1.807) is 11.8 Å². The van der Waals surface area contributed by atoms with Gasteiger partial charge in [0.1, 0.15) is 0 Å². The van der Waals surface area contributed by atoms with Gasteiger partial charge in [0.25, 0.3) is 0 Å². The second-order valence-corrected chi connectivity index (χ2v) is 6.94. The SMILES string of the molecule is C/N=C(/NCCCc1ccccc1)SCc1cccc2ccccc12. The second-order valence-electron chi connectivity index (χ2n) is 5.97. The van der Waals surface area contributed by atoms with E-state index >= 15 is 0 Å². The minimum absolute atomic E-state index is 0.930. The maximum absolute atomic E-state index is 4.40. The Bertz CT molecular complexity index is 822. The largest absolute Gasteiger partial charge is 0.365 e. The number of nitrogens with one attached hydrogen (secondary N) is 1. The van der Waals surface area contributed by atoms with Gasteiger partial charge in [0.2, 0.25) is 0 Å². The number of nitrogens with zero attached hydrogens (tertiary/aromatic N) is 1. The van der Waals surface area contributed by atoms with Crippen molar-refractivity contribution in [1.82, 2.24) is 5.32 Å². The highest BCUT2D eigenvalue weighted by Crippen LogP contribution is 2.23. The minimum atomic E-state index is 0.930. The van der Waals surface area contributed by atoms with Crippen LogP contribution in [-0.2, 0) is 12.2 Å². The van der Waals surface area contributed by atoms with Gasteiger partial charge in [-0.2, -0.15) is 0 Å². The van der Waals surface area contributed by atoms with Crippen LogP contribution in [0.25, 0.3) is 10.8 Å². The third-order valence-electron chi connectivity index (χ3n) is 4.21.